The largest absolute Gasteiger partial charge is 0.393 e. The van der Waals surface area contributed by atoms with Crippen molar-refractivity contribution in [2.45, 2.75) is 51.3 Å². The van der Waals surface area contributed by atoms with E-state index in [-0.39, 0.29) is 6.10 Å². The lowest BCUT2D eigenvalue weighted by Gasteiger charge is -2.23. The number of aliphatic hydroxyl groups excluding tert-OH is 1. The quantitative estimate of drug-likeness (QED) is 0.887. The zero-order valence-electron chi connectivity index (χ0n) is 13.0. The molecule has 1 aromatic carbocycles. The van der Waals surface area contributed by atoms with Gasteiger partial charge in [0.25, 0.3) is 0 Å². The summed E-state index contributed by atoms with van der Waals surface area (Å²) in [5.41, 5.74) is 1.17. The first-order valence-electron chi connectivity index (χ1n) is 7.98. The van der Waals surface area contributed by atoms with Crippen molar-refractivity contribution in [3.05, 3.63) is 47.6 Å². The molecule has 2 heterocycles. The number of hydrogen-bond acceptors (Lipinski definition) is 5. The lowest BCUT2D eigenvalue weighted by Crippen LogP contribution is -2.31. The fraction of sp³-hybridized carbons (Fsp3) is 0.529. The highest BCUT2D eigenvalue weighted by Gasteiger charge is 2.26. The lowest BCUT2D eigenvalue weighted by atomic mass is 10.1. The summed E-state index contributed by atoms with van der Waals surface area (Å²) in [6.45, 7) is 3.60. The third kappa shape index (κ3) is 3.93. The van der Waals surface area contributed by atoms with Crippen LogP contribution < -0.4 is 0 Å². The number of aliphatic hydroxyl groups is 1. The highest BCUT2D eigenvalue weighted by atomic mass is 16.5. The Morgan fingerprint density at radius 1 is 1.36 bits per heavy atom. The van der Waals surface area contributed by atoms with Gasteiger partial charge >= 0.3 is 0 Å². The van der Waals surface area contributed by atoms with Crippen LogP contribution in [-0.2, 0) is 13.0 Å². The van der Waals surface area contributed by atoms with Crippen LogP contribution in [0.25, 0.3) is 0 Å². The van der Waals surface area contributed by atoms with Crippen molar-refractivity contribution in [3.63, 3.8) is 0 Å². The molecule has 0 aliphatic carbocycles. The van der Waals surface area contributed by atoms with Crippen LogP contribution in [0.5, 0.6) is 0 Å². The standard InChI is InChI=1S/C17H23N3O2/c1-13(21)10-15-8-5-9-20(15)12-16-18-17(22-19-16)11-14-6-3-2-4-7-14/h2-4,6-7,13,15,21H,5,8-12H2,1H3. The Labute approximate surface area is 131 Å². The maximum absolute atomic E-state index is 9.59. The van der Waals surface area contributed by atoms with Gasteiger partial charge in [-0.05, 0) is 38.3 Å². The maximum Gasteiger partial charge on any atom is 0.231 e. The minimum atomic E-state index is -0.260. The molecule has 1 aliphatic rings. The van der Waals surface area contributed by atoms with Crippen molar-refractivity contribution in [2.24, 2.45) is 0 Å². The lowest BCUT2D eigenvalue weighted by molar-refractivity contribution is 0.129. The first-order valence-corrected chi connectivity index (χ1v) is 7.98. The van der Waals surface area contributed by atoms with E-state index in [4.69, 9.17) is 4.52 Å². The molecule has 2 atom stereocenters. The number of nitrogens with zero attached hydrogens (tertiary/aromatic N) is 3. The summed E-state index contributed by atoms with van der Waals surface area (Å²) in [5.74, 6) is 1.40. The molecule has 1 aliphatic heterocycles. The van der Waals surface area contributed by atoms with Gasteiger partial charge in [0.05, 0.1) is 19.1 Å². The third-order valence-corrected chi connectivity index (χ3v) is 4.17. The summed E-state index contributed by atoms with van der Waals surface area (Å²) in [4.78, 5) is 6.85. The molecule has 0 bridgehead atoms. The second-order valence-corrected chi connectivity index (χ2v) is 6.12. The van der Waals surface area contributed by atoms with Crippen LogP contribution in [0.4, 0.5) is 0 Å². The van der Waals surface area contributed by atoms with Gasteiger partial charge in [-0.3, -0.25) is 4.90 Å². The van der Waals surface area contributed by atoms with E-state index in [0.29, 0.717) is 24.9 Å². The molecule has 0 radical (unpaired) electrons. The van der Waals surface area contributed by atoms with Crippen molar-refractivity contribution in [1.82, 2.24) is 15.0 Å². The van der Waals surface area contributed by atoms with Crippen molar-refractivity contribution < 1.29 is 9.63 Å². The Morgan fingerprint density at radius 2 is 2.18 bits per heavy atom. The Bertz CT molecular complexity index is 583. The minimum absolute atomic E-state index is 0.260. The average Bonchev–Trinajstić information content (AvgIpc) is 3.10. The molecule has 0 saturated carbocycles. The number of benzene rings is 1. The van der Waals surface area contributed by atoms with E-state index in [0.717, 1.165) is 25.2 Å². The van der Waals surface area contributed by atoms with E-state index in [1.807, 2.05) is 25.1 Å². The molecule has 1 aromatic heterocycles. The van der Waals surface area contributed by atoms with Gasteiger partial charge in [0.15, 0.2) is 5.82 Å². The summed E-state index contributed by atoms with van der Waals surface area (Å²) in [6, 6.07) is 10.6. The van der Waals surface area contributed by atoms with Gasteiger partial charge in [-0.2, -0.15) is 4.98 Å². The summed E-state index contributed by atoms with van der Waals surface area (Å²) in [7, 11) is 0. The highest BCUT2D eigenvalue weighted by molar-refractivity contribution is 5.17. The Morgan fingerprint density at radius 3 is 2.95 bits per heavy atom. The van der Waals surface area contributed by atoms with Crippen LogP contribution >= 0.6 is 0 Å². The normalized spacial score (nSPS) is 20.4. The van der Waals surface area contributed by atoms with E-state index in [2.05, 4.69) is 27.2 Å². The summed E-state index contributed by atoms with van der Waals surface area (Å²) in [5, 5.41) is 13.7. The minimum Gasteiger partial charge on any atom is -0.393 e. The van der Waals surface area contributed by atoms with Crippen LogP contribution in [0.3, 0.4) is 0 Å². The molecule has 2 unspecified atom stereocenters. The molecule has 1 N–H and O–H groups in total. The molecule has 5 nitrogen and oxygen atoms in total. The van der Waals surface area contributed by atoms with Crippen LogP contribution in [0.2, 0.25) is 0 Å². The average molecular weight is 301 g/mol. The second kappa shape index (κ2) is 7.03. The van der Waals surface area contributed by atoms with Crippen LogP contribution in [-0.4, -0.2) is 38.8 Å². The van der Waals surface area contributed by atoms with Gasteiger partial charge in [0, 0.05) is 6.04 Å². The Hall–Kier alpha value is -1.72. The van der Waals surface area contributed by atoms with Crippen molar-refractivity contribution in [3.8, 4) is 0 Å². The van der Waals surface area contributed by atoms with Gasteiger partial charge in [-0.1, -0.05) is 35.5 Å². The van der Waals surface area contributed by atoms with Crippen LogP contribution in [0.15, 0.2) is 34.9 Å². The molecule has 2 aromatic rings. The van der Waals surface area contributed by atoms with Crippen molar-refractivity contribution in [1.29, 1.82) is 0 Å². The van der Waals surface area contributed by atoms with Crippen molar-refractivity contribution >= 4 is 0 Å². The fourth-order valence-corrected chi connectivity index (χ4v) is 3.14. The van der Waals surface area contributed by atoms with Gasteiger partial charge in [-0.15, -0.1) is 0 Å². The number of rotatable bonds is 6. The molecule has 5 heteroatoms. The predicted octanol–water partition coefficient (Wildman–Crippen LogP) is 2.40. The maximum atomic E-state index is 9.59. The second-order valence-electron chi connectivity index (χ2n) is 6.12. The van der Waals surface area contributed by atoms with Crippen LogP contribution in [0, 0.1) is 0 Å². The van der Waals surface area contributed by atoms with E-state index in [1.54, 1.807) is 0 Å². The molecule has 1 fully saturated rings. The number of hydrogen-bond donors (Lipinski definition) is 1. The molecule has 3 rings (SSSR count). The molecule has 22 heavy (non-hydrogen) atoms. The number of aromatic nitrogens is 2. The molecule has 1 saturated heterocycles. The van der Waals surface area contributed by atoms with Crippen LogP contribution in [0.1, 0.15) is 43.5 Å². The highest BCUT2D eigenvalue weighted by Crippen LogP contribution is 2.23. The van der Waals surface area contributed by atoms with Gasteiger partial charge in [0.2, 0.25) is 5.89 Å². The van der Waals surface area contributed by atoms with Gasteiger partial charge < -0.3 is 9.63 Å². The van der Waals surface area contributed by atoms with E-state index in [9.17, 15) is 5.11 Å². The van der Waals surface area contributed by atoms with Gasteiger partial charge in [0.1, 0.15) is 0 Å². The zero-order chi connectivity index (χ0) is 15.4. The molecular formula is C17H23N3O2. The SMILES string of the molecule is CC(O)CC1CCCN1Cc1noc(Cc2ccccc2)n1. The summed E-state index contributed by atoms with van der Waals surface area (Å²) in [6.07, 6.45) is 3.54. The smallest absolute Gasteiger partial charge is 0.231 e. The topological polar surface area (TPSA) is 62.4 Å². The first-order chi connectivity index (χ1) is 10.7. The first kappa shape index (κ1) is 15.2. The Kier molecular flexibility index (Phi) is 4.85. The number of likely N-dealkylation sites (tertiary alicyclic amines) is 1. The van der Waals surface area contributed by atoms with E-state index < -0.39 is 0 Å². The monoisotopic (exact) mass is 301 g/mol. The molecule has 0 amide bonds. The molecule has 118 valence electrons. The van der Waals surface area contributed by atoms with Crippen molar-refractivity contribution in [2.75, 3.05) is 6.54 Å². The third-order valence-electron chi connectivity index (χ3n) is 4.17. The Balaban J connectivity index is 1.59. The van der Waals surface area contributed by atoms with E-state index in [1.165, 1.54) is 12.0 Å². The zero-order valence-corrected chi connectivity index (χ0v) is 13.0. The summed E-state index contributed by atoms with van der Waals surface area (Å²) >= 11 is 0. The predicted molar refractivity (Wildman–Crippen MR) is 83.3 cm³/mol. The van der Waals surface area contributed by atoms with Gasteiger partial charge in [-0.25, -0.2) is 0 Å². The van der Waals surface area contributed by atoms with E-state index >= 15 is 0 Å². The molecular weight excluding hydrogens is 278 g/mol. The summed E-state index contributed by atoms with van der Waals surface area (Å²) < 4.78 is 5.36. The molecule has 0 spiro atoms. The fourth-order valence-electron chi connectivity index (χ4n) is 3.14.